The van der Waals surface area contributed by atoms with Crippen LogP contribution in [0.4, 0.5) is 10.1 Å². The van der Waals surface area contributed by atoms with Crippen LogP contribution in [0.1, 0.15) is 24.2 Å². The SMILES string of the molecule is CC(C)=CC(=O)Nc1ccc(C(=O)O)cc1F. The van der Waals surface area contributed by atoms with E-state index in [0.717, 1.165) is 11.6 Å². The number of carbonyl (C=O) groups excluding carboxylic acids is 1. The van der Waals surface area contributed by atoms with Gasteiger partial charge < -0.3 is 10.4 Å². The molecule has 0 aromatic heterocycles. The summed E-state index contributed by atoms with van der Waals surface area (Å²) in [6, 6.07) is 3.31. The highest BCUT2D eigenvalue weighted by Gasteiger charge is 2.09. The van der Waals surface area contributed by atoms with Crippen molar-refractivity contribution in [2.24, 2.45) is 0 Å². The number of rotatable bonds is 3. The number of carboxylic acids is 1. The summed E-state index contributed by atoms with van der Waals surface area (Å²) in [5.74, 6) is -2.45. The van der Waals surface area contributed by atoms with Crippen molar-refractivity contribution in [1.82, 2.24) is 0 Å². The molecule has 0 spiro atoms. The molecule has 5 heteroatoms. The Kier molecular flexibility index (Phi) is 3.98. The summed E-state index contributed by atoms with van der Waals surface area (Å²) >= 11 is 0. The minimum absolute atomic E-state index is 0.0440. The van der Waals surface area contributed by atoms with Crippen molar-refractivity contribution in [2.45, 2.75) is 13.8 Å². The Bertz CT molecular complexity index is 491. The molecule has 0 atom stereocenters. The summed E-state index contributed by atoms with van der Waals surface area (Å²) in [7, 11) is 0. The Morgan fingerprint density at radius 2 is 2.00 bits per heavy atom. The summed E-state index contributed by atoms with van der Waals surface area (Å²) in [5, 5.41) is 11.0. The number of benzene rings is 1. The molecule has 4 nitrogen and oxygen atoms in total. The van der Waals surface area contributed by atoms with Gasteiger partial charge in [0.2, 0.25) is 5.91 Å². The third-order valence-corrected chi connectivity index (χ3v) is 1.89. The second-order valence-electron chi connectivity index (χ2n) is 3.71. The molecule has 1 aromatic carbocycles. The van der Waals surface area contributed by atoms with Crippen LogP contribution in [0.5, 0.6) is 0 Å². The van der Waals surface area contributed by atoms with Crippen molar-refractivity contribution in [3.8, 4) is 0 Å². The lowest BCUT2D eigenvalue weighted by atomic mass is 10.2. The largest absolute Gasteiger partial charge is 0.478 e. The highest BCUT2D eigenvalue weighted by Crippen LogP contribution is 2.16. The first-order valence-corrected chi connectivity index (χ1v) is 4.89. The van der Waals surface area contributed by atoms with Crippen molar-refractivity contribution in [3.63, 3.8) is 0 Å². The predicted octanol–water partition coefficient (Wildman–Crippen LogP) is 2.43. The standard InChI is InChI=1S/C12H12FNO3/c1-7(2)5-11(15)14-10-4-3-8(12(16)17)6-9(10)13/h3-6H,1-2H3,(H,14,15)(H,16,17). The van der Waals surface area contributed by atoms with Crippen LogP contribution in [-0.2, 0) is 4.79 Å². The van der Waals surface area contributed by atoms with Crippen LogP contribution in [0, 0.1) is 5.82 Å². The molecule has 17 heavy (non-hydrogen) atoms. The summed E-state index contributed by atoms with van der Waals surface area (Å²) in [5.41, 5.74) is 0.574. The molecule has 1 aromatic rings. The van der Waals surface area contributed by atoms with E-state index in [1.165, 1.54) is 18.2 Å². The molecule has 0 aliphatic rings. The van der Waals surface area contributed by atoms with Crippen LogP contribution in [0.25, 0.3) is 0 Å². The Hall–Kier alpha value is -2.17. The van der Waals surface area contributed by atoms with Crippen LogP contribution in [0.3, 0.4) is 0 Å². The molecule has 0 bridgehead atoms. The molecule has 0 heterocycles. The number of halogens is 1. The number of hydrogen-bond acceptors (Lipinski definition) is 2. The number of nitrogens with one attached hydrogen (secondary N) is 1. The Morgan fingerprint density at radius 1 is 1.35 bits per heavy atom. The van der Waals surface area contributed by atoms with Crippen molar-refractivity contribution in [2.75, 3.05) is 5.32 Å². The summed E-state index contributed by atoms with van der Waals surface area (Å²) in [4.78, 5) is 21.9. The van der Waals surface area contributed by atoms with Gasteiger partial charge in [-0.1, -0.05) is 5.57 Å². The Morgan fingerprint density at radius 3 is 2.47 bits per heavy atom. The predicted molar refractivity (Wildman–Crippen MR) is 61.4 cm³/mol. The number of hydrogen-bond donors (Lipinski definition) is 2. The number of amides is 1. The van der Waals surface area contributed by atoms with Gasteiger partial charge in [-0.15, -0.1) is 0 Å². The topological polar surface area (TPSA) is 66.4 Å². The molecule has 0 aliphatic carbocycles. The van der Waals surface area contributed by atoms with Gasteiger partial charge in [-0.2, -0.15) is 0 Å². The second kappa shape index (κ2) is 5.25. The van der Waals surface area contributed by atoms with E-state index in [0.29, 0.717) is 0 Å². The van der Waals surface area contributed by atoms with Gasteiger partial charge in [0.25, 0.3) is 0 Å². The van der Waals surface area contributed by atoms with Gasteiger partial charge in [0, 0.05) is 6.08 Å². The van der Waals surface area contributed by atoms with Gasteiger partial charge >= 0.3 is 5.97 Å². The molecule has 1 rings (SSSR count). The molecule has 90 valence electrons. The second-order valence-corrected chi connectivity index (χ2v) is 3.71. The maximum atomic E-state index is 13.4. The van der Waals surface area contributed by atoms with E-state index in [1.54, 1.807) is 13.8 Å². The van der Waals surface area contributed by atoms with Gasteiger partial charge in [-0.3, -0.25) is 4.79 Å². The average molecular weight is 237 g/mol. The van der Waals surface area contributed by atoms with Gasteiger partial charge in [-0.05, 0) is 32.0 Å². The summed E-state index contributed by atoms with van der Waals surface area (Å²) in [6.07, 6.45) is 1.32. The fourth-order valence-electron chi connectivity index (χ4n) is 1.18. The van der Waals surface area contributed by atoms with E-state index in [4.69, 9.17) is 5.11 Å². The van der Waals surface area contributed by atoms with Crippen LogP contribution in [-0.4, -0.2) is 17.0 Å². The summed E-state index contributed by atoms with van der Waals surface area (Å²) in [6.45, 7) is 3.48. The molecule has 0 radical (unpaired) electrons. The first-order valence-electron chi connectivity index (χ1n) is 4.89. The van der Waals surface area contributed by atoms with E-state index in [2.05, 4.69) is 5.32 Å². The lowest BCUT2D eigenvalue weighted by Gasteiger charge is -2.04. The average Bonchev–Trinajstić information content (AvgIpc) is 2.19. The van der Waals surface area contributed by atoms with Crippen molar-refractivity contribution < 1.29 is 19.1 Å². The number of anilines is 1. The minimum Gasteiger partial charge on any atom is -0.478 e. The molecular weight excluding hydrogens is 225 g/mol. The van der Waals surface area contributed by atoms with Gasteiger partial charge in [0.1, 0.15) is 5.82 Å². The fourth-order valence-corrected chi connectivity index (χ4v) is 1.18. The number of carboxylic acid groups (broad SMARTS) is 1. The number of carbonyl (C=O) groups is 2. The number of aromatic carboxylic acids is 1. The highest BCUT2D eigenvalue weighted by molar-refractivity contribution is 6.00. The zero-order valence-corrected chi connectivity index (χ0v) is 9.45. The third-order valence-electron chi connectivity index (χ3n) is 1.89. The molecule has 0 saturated heterocycles. The van der Waals surface area contributed by atoms with E-state index < -0.39 is 17.7 Å². The van der Waals surface area contributed by atoms with Gasteiger partial charge in [-0.25, -0.2) is 9.18 Å². The normalized spacial score (nSPS) is 9.59. The van der Waals surface area contributed by atoms with E-state index in [9.17, 15) is 14.0 Å². The Labute approximate surface area is 97.8 Å². The number of allylic oxidation sites excluding steroid dienone is 1. The van der Waals surface area contributed by atoms with Gasteiger partial charge in [0.05, 0.1) is 11.3 Å². The molecule has 0 unspecified atom stereocenters. The summed E-state index contributed by atoms with van der Waals surface area (Å²) < 4.78 is 13.4. The van der Waals surface area contributed by atoms with Crippen molar-refractivity contribution in [1.29, 1.82) is 0 Å². The maximum Gasteiger partial charge on any atom is 0.335 e. The van der Waals surface area contributed by atoms with E-state index in [-0.39, 0.29) is 11.3 Å². The Balaban J connectivity index is 2.90. The lowest BCUT2D eigenvalue weighted by molar-refractivity contribution is -0.112. The third kappa shape index (κ3) is 3.71. The fraction of sp³-hybridized carbons (Fsp3) is 0.167. The first-order chi connectivity index (χ1) is 7.90. The lowest BCUT2D eigenvalue weighted by Crippen LogP contribution is -2.10. The minimum atomic E-state index is -1.22. The van der Waals surface area contributed by atoms with Crippen molar-refractivity contribution in [3.05, 3.63) is 41.2 Å². The molecular formula is C12H12FNO3. The molecule has 2 N–H and O–H groups in total. The van der Waals surface area contributed by atoms with E-state index in [1.807, 2.05) is 0 Å². The molecule has 1 amide bonds. The van der Waals surface area contributed by atoms with Crippen LogP contribution >= 0.6 is 0 Å². The molecule has 0 saturated carbocycles. The zero-order chi connectivity index (χ0) is 13.0. The smallest absolute Gasteiger partial charge is 0.335 e. The van der Waals surface area contributed by atoms with Crippen LogP contribution in [0.15, 0.2) is 29.8 Å². The van der Waals surface area contributed by atoms with E-state index >= 15 is 0 Å². The highest BCUT2D eigenvalue weighted by atomic mass is 19.1. The quantitative estimate of drug-likeness (QED) is 0.793. The molecule has 0 aliphatic heterocycles. The van der Waals surface area contributed by atoms with Crippen LogP contribution in [0.2, 0.25) is 0 Å². The maximum absolute atomic E-state index is 13.4. The monoisotopic (exact) mass is 237 g/mol. The van der Waals surface area contributed by atoms with Gasteiger partial charge in [0.15, 0.2) is 0 Å². The zero-order valence-electron chi connectivity index (χ0n) is 9.45. The first kappa shape index (κ1) is 12.9. The van der Waals surface area contributed by atoms with Crippen LogP contribution < -0.4 is 5.32 Å². The molecule has 0 fully saturated rings. The van der Waals surface area contributed by atoms with Crippen molar-refractivity contribution >= 4 is 17.6 Å².